The Morgan fingerprint density at radius 1 is 0.905 bits per heavy atom. The number of sulfonamides is 1. The Bertz CT molecular complexity index is 1460. The number of carbonyl (C=O) groups excluding carboxylic acids is 2. The van der Waals surface area contributed by atoms with Gasteiger partial charge in [-0.25, -0.2) is 8.42 Å². The van der Waals surface area contributed by atoms with Gasteiger partial charge >= 0.3 is 0 Å². The summed E-state index contributed by atoms with van der Waals surface area (Å²) in [4.78, 5) is 28.5. The number of amides is 2. The van der Waals surface area contributed by atoms with E-state index in [0.29, 0.717) is 27.1 Å². The molecule has 42 heavy (non-hydrogen) atoms. The molecule has 0 spiro atoms. The van der Waals surface area contributed by atoms with Crippen LogP contribution in [0.3, 0.4) is 0 Å². The summed E-state index contributed by atoms with van der Waals surface area (Å²) in [6, 6.07) is 19.7. The first-order valence-electron chi connectivity index (χ1n) is 13.9. The molecule has 1 aliphatic carbocycles. The largest absolute Gasteiger partial charge is 0.457 e. The van der Waals surface area contributed by atoms with Crippen LogP contribution in [0, 0.1) is 0 Å². The molecule has 3 aromatic rings. The minimum atomic E-state index is -3.88. The van der Waals surface area contributed by atoms with Crippen molar-refractivity contribution in [3.63, 3.8) is 0 Å². The molecule has 0 radical (unpaired) electrons. The van der Waals surface area contributed by atoms with Gasteiger partial charge in [0, 0.05) is 28.2 Å². The third-order valence-electron chi connectivity index (χ3n) is 7.29. The SMILES string of the molecule is CC(C(=O)NC1CCCCC1)N(Cc1c(Cl)cccc1Cl)C(=O)CN(c1ccc(Oc2ccccc2)cc1)S(C)(=O)=O. The molecular weight excluding hydrogens is 597 g/mol. The highest BCUT2D eigenvalue weighted by atomic mass is 35.5. The minimum Gasteiger partial charge on any atom is -0.457 e. The van der Waals surface area contributed by atoms with Gasteiger partial charge in [0.05, 0.1) is 11.9 Å². The number of rotatable bonds is 11. The molecule has 1 aliphatic rings. The molecule has 1 fully saturated rings. The van der Waals surface area contributed by atoms with Crippen LogP contribution >= 0.6 is 23.2 Å². The quantitative estimate of drug-likeness (QED) is 0.263. The van der Waals surface area contributed by atoms with E-state index in [-0.39, 0.29) is 24.2 Å². The summed E-state index contributed by atoms with van der Waals surface area (Å²) in [6.07, 6.45) is 6.01. The third kappa shape index (κ3) is 8.40. The van der Waals surface area contributed by atoms with E-state index in [0.717, 1.165) is 42.7 Å². The van der Waals surface area contributed by atoms with Crippen LogP contribution in [0.4, 0.5) is 5.69 Å². The van der Waals surface area contributed by atoms with Crippen LogP contribution in [0.2, 0.25) is 10.0 Å². The van der Waals surface area contributed by atoms with Crippen molar-refractivity contribution >= 4 is 50.7 Å². The topological polar surface area (TPSA) is 96.0 Å². The smallest absolute Gasteiger partial charge is 0.244 e. The molecule has 0 saturated heterocycles. The first-order valence-corrected chi connectivity index (χ1v) is 16.5. The van der Waals surface area contributed by atoms with Crippen molar-refractivity contribution in [2.24, 2.45) is 0 Å². The fraction of sp³-hybridized carbons (Fsp3) is 0.355. The van der Waals surface area contributed by atoms with E-state index < -0.39 is 28.5 Å². The molecule has 1 N–H and O–H groups in total. The lowest BCUT2D eigenvalue weighted by atomic mass is 9.95. The number of nitrogens with zero attached hydrogens (tertiary/aromatic N) is 2. The molecule has 1 saturated carbocycles. The van der Waals surface area contributed by atoms with Crippen molar-refractivity contribution in [2.75, 3.05) is 17.1 Å². The lowest BCUT2D eigenvalue weighted by Crippen LogP contribution is -2.53. The van der Waals surface area contributed by atoms with Crippen molar-refractivity contribution in [3.8, 4) is 11.5 Å². The zero-order valence-electron chi connectivity index (χ0n) is 23.6. The summed E-state index contributed by atoms with van der Waals surface area (Å²) in [6.45, 7) is 1.03. The van der Waals surface area contributed by atoms with Gasteiger partial charge in [-0.3, -0.25) is 13.9 Å². The van der Waals surface area contributed by atoms with Crippen LogP contribution in [-0.4, -0.2) is 50.0 Å². The number of carbonyl (C=O) groups is 2. The van der Waals surface area contributed by atoms with Crippen molar-refractivity contribution in [1.29, 1.82) is 0 Å². The standard InChI is InChI=1S/C31H35Cl2N3O5S/c1-22(31(38)34-23-10-5-3-6-11-23)35(20-27-28(32)14-9-15-29(27)33)30(37)21-36(42(2,39)40)24-16-18-26(19-17-24)41-25-12-7-4-8-13-25/h4,7-9,12-19,22-23H,3,5-6,10-11,20-21H2,1-2H3,(H,34,38). The van der Waals surface area contributed by atoms with E-state index >= 15 is 0 Å². The van der Waals surface area contributed by atoms with Gasteiger partial charge in [0.1, 0.15) is 24.1 Å². The fourth-order valence-corrected chi connectivity index (χ4v) is 6.29. The Morgan fingerprint density at radius 3 is 2.10 bits per heavy atom. The van der Waals surface area contributed by atoms with Crippen molar-refractivity contribution in [3.05, 3.63) is 88.4 Å². The average molecular weight is 633 g/mol. The highest BCUT2D eigenvalue weighted by molar-refractivity contribution is 7.92. The van der Waals surface area contributed by atoms with Gasteiger partial charge in [0.25, 0.3) is 0 Å². The summed E-state index contributed by atoms with van der Waals surface area (Å²) in [5, 5.41) is 3.75. The molecule has 11 heteroatoms. The van der Waals surface area contributed by atoms with Crippen molar-refractivity contribution in [2.45, 2.75) is 57.7 Å². The van der Waals surface area contributed by atoms with Gasteiger partial charge in [-0.2, -0.15) is 0 Å². The molecule has 0 heterocycles. The molecule has 224 valence electrons. The van der Waals surface area contributed by atoms with Crippen LogP contribution in [0.1, 0.15) is 44.6 Å². The predicted octanol–water partition coefficient (Wildman–Crippen LogP) is 6.42. The maximum absolute atomic E-state index is 13.9. The summed E-state index contributed by atoms with van der Waals surface area (Å²) in [7, 11) is -3.88. The van der Waals surface area contributed by atoms with E-state index in [2.05, 4.69) is 5.32 Å². The normalized spacial score (nSPS) is 14.6. The van der Waals surface area contributed by atoms with Gasteiger partial charge in [0.15, 0.2) is 0 Å². The molecule has 2 amide bonds. The Morgan fingerprint density at radius 2 is 1.50 bits per heavy atom. The summed E-state index contributed by atoms with van der Waals surface area (Å²) in [5.41, 5.74) is 0.751. The van der Waals surface area contributed by atoms with Crippen molar-refractivity contribution < 1.29 is 22.7 Å². The van der Waals surface area contributed by atoms with E-state index in [1.54, 1.807) is 61.5 Å². The Kier molecular flexibility index (Phi) is 10.8. The summed E-state index contributed by atoms with van der Waals surface area (Å²) in [5.74, 6) is 0.251. The molecule has 0 bridgehead atoms. The summed E-state index contributed by atoms with van der Waals surface area (Å²) >= 11 is 12.8. The molecule has 8 nitrogen and oxygen atoms in total. The maximum Gasteiger partial charge on any atom is 0.244 e. The summed E-state index contributed by atoms with van der Waals surface area (Å²) < 4.78 is 32.6. The van der Waals surface area contributed by atoms with Crippen LogP contribution in [0.25, 0.3) is 0 Å². The van der Waals surface area contributed by atoms with Crippen LogP contribution in [0.15, 0.2) is 72.8 Å². The Labute approximate surface area is 257 Å². The molecule has 4 rings (SSSR count). The lowest BCUT2D eigenvalue weighted by molar-refractivity contribution is -0.139. The minimum absolute atomic E-state index is 0.0405. The molecular formula is C31H35Cl2N3O5S. The van der Waals surface area contributed by atoms with E-state index in [1.807, 2.05) is 18.2 Å². The zero-order chi connectivity index (χ0) is 30.3. The predicted molar refractivity (Wildman–Crippen MR) is 167 cm³/mol. The highest BCUT2D eigenvalue weighted by Crippen LogP contribution is 2.29. The Hall–Kier alpha value is -3.27. The molecule has 0 aliphatic heterocycles. The second-order valence-corrected chi connectivity index (χ2v) is 13.1. The second-order valence-electron chi connectivity index (χ2n) is 10.4. The monoisotopic (exact) mass is 631 g/mol. The van der Waals surface area contributed by atoms with Crippen LogP contribution in [0.5, 0.6) is 11.5 Å². The first-order chi connectivity index (χ1) is 20.0. The average Bonchev–Trinajstić information content (AvgIpc) is 2.96. The van der Waals surface area contributed by atoms with Crippen molar-refractivity contribution in [1.82, 2.24) is 10.2 Å². The van der Waals surface area contributed by atoms with Gasteiger partial charge in [-0.15, -0.1) is 0 Å². The number of benzene rings is 3. The lowest BCUT2D eigenvalue weighted by Gasteiger charge is -2.33. The first kappa shape index (κ1) is 31.7. The Balaban J connectivity index is 1.58. The molecule has 1 atom stereocenters. The van der Waals surface area contributed by atoms with Gasteiger partial charge in [-0.05, 0) is 68.3 Å². The number of ether oxygens (including phenoxy) is 1. The molecule has 0 aromatic heterocycles. The number of anilines is 1. The third-order valence-corrected chi connectivity index (χ3v) is 9.14. The van der Waals surface area contributed by atoms with E-state index in [4.69, 9.17) is 27.9 Å². The second kappa shape index (κ2) is 14.3. The zero-order valence-corrected chi connectivity index (χ0v) is 26.0. The number of halogens is 2. The van der Waals surface area contributed by atoms with Crippen LogP contribution < -0.4 is 14.4 Å². The maximum atomic E-state index is 13.9. The van der Waals surface area contributed by atoms with E-state index in [9.17, 15) is 18.0 Å². The number of hydrogen-bond acceptors (Lipinski definition) is 5. The molecule has 3 aromatic carbocycles. The highest BCUT2D eigenvalue weighted by Gasteiger charge is 2.32. The van der Waals surface area contributed by atoms with Gasteiger partial charge in [-0.1, -0.05) is 66.7 Å². The van der Waals surface area contributed by atoms with Gasteiger partial charge in [0.2, 0.25) is 21.8 Å². The van der Waals surface area contributed by atoms with Gasteiger partial charge < -0.3 is 15.0 Å². The van der Waals surface area contributed by atoms with Crippen LogP contribution in [-0.2, 0) is 26.2 Å². The molecule has 1 unspecified atom stereocenters. The number of para-hydroxylation sites is 1. The fourth-order valence-electron chi connectivity index (χ4n) is 4.92. The number of hydrogen-bond donors (Lipinski definition) is 1. The van der Waals surface area contributed by atoms with E-state index in [1.165, 1.54) is 4.90 Å². The number of nitrogens with one attached hydrogen (secondary N) is 1.